The average Bonchev–Trinajstić information content (AvgIpc) is 2.27. The summed E-state index contributed by atoms with van der Waals surface area (Å²) in [5.41, 5.74) is 1.62. The van der Waals surface area contributed by atoms with Crippen molar-refractivity contribution in [2.24, 2.45) is 5.92 Å². The molecule has 3 nitrogen and oxygen atoms in total. The SMILES string of the molecule is COc1ccc(C(=O)CC(C)C)cc1NC(C)C. The topological polar surface area (TPSA) is 38.3 Å². The third kappa shape index (κ3) is 4.06. The number of hydrogen-bond acceptors (Lipinski definition) is 3. The molecule has 0 bridgehead atoms. The maximum atomic E-state index is 12.0. The van der Waals surface area contributed by atoms with E-state index in [2.05, 4.69) is 33.0 Å². The molecular weight excluding hydrogens is 226 g/mol. The van der Waals surface area contributed by atoms with E-state index in [0.29, 0.717) is 18.4 Å². The van der Waals surface area contributed by atoms with E-state index in [4.69, 9.17) is 4.74 Å². The summed E-state index contributed by atoms with van der Waals surface area (Å²) in [4.78, 5) is 12.0. The summed E-state index contributed by atoms with van der Waals surface area (Å²) in [6.45, 7) is 8.22. The van der Waals surface area contributed by atoms with Gasteiger partial charge in [-0.15, -0.1) is 0 Å². The van der Waals surface area contributed by atoms with Gasteiger partial charge in [-0.2, -0.15) is 0 Å². The number of carbonyl (C=O) groups excluding carboxylic acids is 1. The molecular formula is C15H23NO2. The van der Waals surface area contributed by atoms with Crippen LogP contribution in [0.2, 0.25) is 0 Å². The fourth-order valence-electron chi connectivity index (χ4n) is 1.79. The summed E-state index contributed by atoms with van der Waals surface area (Å²) >= 11 is 0. The quantitative estimate of drug-likeness (QED) is 0.780. The molecule has 0 amide bonds. The molecule has 1 N–H and O–H groups in total. The molecule has 0 saturated heterocycles. The number of anilines is 1. The van der Waals surface area contributed by atoms with Gasteiger partial charge >= 0.3 is 0 Å². The fraction of sp³-hybridized carbons (Fsp3) is 0.533. The Morgan fingerprint density at radius 3 is 2.44 bits per heavy atom. The molecule has 0 aromatic heterocycles. The average molecular weight is 249 g/mol. The summed E-state index contributed by atoms with van der Waals surface area (Å²) in [5.74, 6) is 1.32. The predicted octanol–water partition coefficient (Wildman–Crippen LogP) is 3.74. The zero-order chi connectivity index (χ0) is 13.7. The highest BCUT2D eigenvalue weighted by Crippen LogP contribution is 2.27. The maximum Gasteiger partial charge on any atom is 0.163 e. The van der Waals surface area contributed by atoms with Crippen molar-refractivity contribution in [2.45, 2.75) is 40.2 Å². The lowest BCUT2D eigenvalue weighted by Gasteiger charge is -2.15. The zero-order valence-electron chi connectivity index (χ0n) is 11.9. The second-order valence-corrected chi connectivity index (χ2v) is 5.24. The first kappa shape index (κ1) is 14.6. The molecule has 0 aliphatic carbocycles. The van der Waals surface area contributed by atoms with E-state index in [-0.39, 0.29) is 5.78 Å². The van der Waals surface area contributed by atoms with Crippen LogP contribution in [0.15, 0.2) is 18.2 Å². The lowest BCUT2D eigenvalue weighted by atomic mass is 10.0. The third-order valence-electron chi connectivity index (χ3n) is 2.56. The van der Waals surface area contributed by atoms with Gasteiger partial charge in [-0.1, -0.05) is 13.8 Å². The first-order valence-electron chi connectivity index (χ1n) is 6.41. The van der Waals surface area contributed by atoms with Crippen molar-refractivity contribution in [1.29, 1.82) is 0 Å². The molecule has 0 spiro atoms. The van der Waals surface area contributed by atoms with Gasteiger partial charge in [0.05, 0.1) is 12.8 Å². The second-order valence-electron chi connectivity index (χ2n) is 5.24. The zero-order valence-corrected chi connectivity index (χ0v) is 11.9. The van der Waals surface area contributed by atoms with Crippen LogP contribution in [0.5, 0.6) is 5.75 Å². The monoisotopic (exact) mass is 249 g/mol. The van der Waals surface area contributed by atoms with Gasteiger partial charge in [0, 0.05) is 18.0 Å². The second kappa shape index (κ2) is 6.43. The normalized spacial score (nSPS) is 10.8. The Balaban J connectivity index is 2.98. The van der Waals surface area contributed by atoms with Crippen molar-refractivity contribution in [1.82, 2.24) is 0 Å². The van der Waals surface area contributed by atoms with E-state index < -0.39 is 0 Å². The van der Waals surface area contributed by atoms with Crippen LogP contribution in [0.25, 0.3) is 0 Å². The Hall–Kier alpha value is -1.51. The van der Waals surface area contributed by atoms with Crippen molar-refractivity contribution in [3.8, 4) is 5.75 Å². The van der Waals surface area contributed by atoms with Crippen molar-refractivity contribution in [3.05, 3.63) is 23.8 Å². The van der Waals surface area contributed by atoms with Crippen LogP contribution >= 0.6 is 0 Å². The lowest BCUT2D eigenvalue weighted by Crippen LogP contribution is -2.12. The molecule has 0 saturated carbocycles. The molecule has 0 aliphatic rings. The number of methoxy groups -OCH3 is 1. The smallest absolute Gasteiger partial charge is 0.163 e. The molecule has 0 fully saturated rings. The summed E-state index contributed by atoms with van der Waals surface area (Å²) < 4.78 is 5.29. The highest BCUT2D eigenvalue weighted by Gasteiger charge is 2.12. The number of carbonyl (C=O) groups is 1. The van der Waals surface area contributed by atoms with Crippen LogP contribution in [0, 0.1) is 5.92 Å². The maximum absolute atomic E-state index is 12.0. The van der Waals surface area contributed by atoms with Crippen molar-refractivity contribution >= 4 is 11.5 Å². The third-order valence-corrected chi connectivity index (χ3v) is 2.56. The lowest BCUT2D eigenvalue weighted by molar-refractivity contribution is 0.0968. The highest BCUT2D eigenvalue weighted by atomic mass is 16.5. The van der Waals surface area contributed by atoms with Gasteiger partial charge in [-0.05, 0) is 38.0 Å². The van der Waals surface area contributed by atoms with Crippen LogP contribution in [0.1, 0.15) is 44.5 Å². The van der Waals surface area contributed by atoms with E-state index in [1.54, 1.807) is 7.11 Å². The molecule has 0 unspecified atom stereocenters. The number of benzene rings is 1. The largest absolute Gasteiger partial charge is 0.495 e. The molecule has 1 rings (SSSR count). The predicted molar refractivity (Wildman–Crippen MR) is 75.5 cm³/mol. The van der Waals surface area contributed by atoms with Crippen molar-refractivity contribution in [2.75, 3.05) is 12.4 Å². The van der Waals surface area contributed by atoms with E-state index in [9.17, 15) is 4.79 Å². The molecule has 0 aliphatic heterocycles. The van der Waals surface area contributed by atoms with E-state index in [0.717, 1.165) is 17.0 Å². The van der Waals surface area contributed by atoms with E-state index in [1.807, 2.05) is 18.2 Å². The summed E-state index contributed by atoms with van der Waals surface area (Å²) in [6.07, 6.45) is 0.577. The minimum absolute atomic E-state index is 0.180. The van der Waals surface area contributed by atoms with E-state index in [1.165, 1.54) is 0 Å². The standard InChI is InChI=1S/C15H23NO2/c1-10(2)8-14(17)12-6-7-15(18-5)13(9-12)16-11(3)4/h6-7,9-11,16H,8H2,1-5H3. The summed E-state index contributed by atoms with van der Waals surface area (Å²) in [5, 5.41) is 3.30. The van der Waals surface area contributed by atoms with Gasteiger partial charge in [0.1, 0.15) is 5.75 Å². The Labute approximate surface area is 110 Å². The number of hydrogen-bond donors (Lipinski definition) is 1. The van der Waals surface area contributed by atoms with Crippen LogP contribution in [0.4, 0.5) is 5.69 Å². The Kier molecular flexibility index (Phi) is 5.20. The first-order chi connectivity index (χ1) is 8.43. The van der Waals surface area contributed by atoms with Crippen molar-refractivity contribution < 1.29 is 9.53 Å². The molecule has 1 aromatic rings. The highest BCUT2D eigenvalue weighted by molar-refractivity contribution is 5.97. The number of rotatable bonds is 6. The molecule has 1 aromatic carbocycles. The Morgan fingerprint density at radius 1 is 1.28 bits per heavy atom. The number of nitrogens with one attached hydrogen (secondary N) is 1. The van der Waals surface area contributed by atoms with Gasteiger partial charge < -0.3 is 10.1 Å². The molecule has 0 heterocycles. The van der Waals surface area contributed by atoms with Gasteiger partial charge in [0.25, 0.3) is 0 Å². The van der Waals surface area contributed by atoms with E-state index >= 15 is 0 Å². The molecule has 18 heavy (non-hydrogen) atoms. The van der Waals surface area contributed by atoms with Crippen LogP contribution in [0.3, 0.4) is 0 Å². The van der Waals surface area contributed by atoms with Crippen LogP contribution < -0.4 is 10.1 Å². The van der Waals surface area contributed by atoms with Crippen molar-refractivity contribution in [3.63, 3.8) is 0 Å². The number of ketones is 1. The molecule has 100 valence electrons. The summed E-state index contributed by atoms with van der Waals surface area (Å²) in [7, 11) is 1.64. The Bertz CT molecular complexity index is 411. The van der Waals surface area contributed by atoms with Gasteiger partial charge in [-0.3, -0.25) is 4.79 Å². The first-order valence-corrected chi connectivity index (χ1v) is 6.41. The molecule has 0 radical (unpaired) electrons. The summed E-state index contributed by atoms with van der Waals surface area (Å²) in [6, 6.07) is 5.85. The minimum atomic E-state index is 0.180. The minimum Gasteiger partial charge on any atom is -0.495 e. The number of Topliss-reactive ketones (excluding diaryl/α,β-unsaturated/α-hetero) is 1. The number of ether oxygens (including phenoxy) is 1. The molecule has 0 atom stereocenters. The van der Waals surface area contributed by atoms with Crippen LogP contribution in [-0.2, 0) is 0 Å². The van der Waals surface area contributed by atoms with Gasteiger partial charge in [0.15, 0.2) is 5.78 Å². The van der Waals surface area contributed by atoms with Crippen LogP contribution in [-0.4, -0.2) is 18.9 Å². The Morgan fingerprint density at radius 2 is 1.94 bits per heavy atom. The van der Waals surface area contributed by atoms with Gasteiger partial charge in [0.2, 0.25) is 0 Å². The fourth-order valence-corrected chi connectivity index (χ4v) is 1.79. The van der Waals surface area contributed by atoms with Gasteiger partial charge in [-0.25, -0.2) is 0 Å². The molecule has 3 heteroatoms.